The van der Waals surface area contributed by atoms with Crippen LogP contribution in [0.2, 0.25) is 0 Å². The van der Waals surface area contributed by atoms with Crippen LogP contribution in [0.4, 0.5) is 0 Å². The maximum atomic E-state index is 5.37. The van der Waals surface area contributed by atoms with Crippen LogP contribution in [0.3, 0.4) is 0 Å². The Balaban J connectivity index is 0.967. The highest BCUT2D eigenvalue weighted by atomic mass is 15.0. The second kappa shape index (κ2) is 15.5. The number of para-hydroxylation sites is 2. The first-order valence-electron chi connectivity index (χ1n) is 20.5. The van der Waals surface area contributed by atoms with Gasteiger partial charge in [-0.1, -0.05) is 170 Å². The van der Waals surface area contributed by atoms with Gasteiger partial charge in [-0.25, -0.2) is 9.97 Å². The molecule has 0 unspecified atom stereocenters. The highest BCUT2D eigenvalue weighted by Crippen LogP contribution is 2.39. The predicted molar refractivity (Wildman–Crippen MR) is 250 cm³/mol. The lowest BCUT2D eigenvalue weighted by atomic mass is 9.94. The molecule has 0 N–H and O–H groups in total. The van der Waals surface area contributed by atoms with E-state index in [1.807, 2.05) is 30.3 Å². The average Bonchev–Trinajstić information content (AvgIpc) is 3.69. The fourth-order valence-electron chi connectivity index (χ4n) is 8.41. The number of hydrogen-bond donors (Lipinski definition) is 0. The van der Waals surface area contributed by atoms with Crippen LogP contribution in [-0.2, 0) is 0 Å². The molecule has 0 saturated carbocycles. The molecule has 286 valence electrons. The Morgan fingerprint density at radius 1 is 0.311 bits per heavy atom. The third-order valence-corrected chi connectivity index (χ3v) is 11.3. The molecule has 0 spiro atoms. The van der Waals surface area contributed by atoms with E-state index in [1.54, 1.807) is 12.4 Å². The van der Waals surface area contributed by atoms with Crippen LogP contribution in [0.25, 0.3) is 106 Å². The van der Waals surface area contributed by atoms with Crippen molar-refractivity contribution in [2.24, 2.45) is 0 Å². The van der Waals surface area contributed by atoms with E-state index in [0.717, 1.165) is 100 Å². The molecule has 11 rings (SSSR count). The zero-order chi connectivity index (χ0) is 40.5. The second-order valence-electron chi connectivity index (χ2n) is 15.1. The number of fused-ring (bicyclic) bond motifs is 3. The van der Waals surface area contributed by atoms with Crippen LogP contribution in [0.5, 0.6) is 0 Å². The first-order valence-corrected chi connectivity index (χ1v) is 20.5. The molecule has 3 aromatic heterocycles. The van der Waals surface area contributed by atoms with Gasteiger partial charge in [0.15, 0.2) is 5.82 Å². The summed E-state index contributed by atoms with van der Waals surface area (Å²) >= 11 is 0. The van der Waals surface area contributed by atoms with Crippen molar-refractivity contribution in [2.45, 2.75) is 0 Å². The smallest absolute Gasteiger partial charge is 0.160 e. The molecule has 5 nitrogen and oxygen atoms in total. The lowest BCUT2D eigenvalue weighted by Gasteiger charge is -2.13. The summed E-state index contributed by atoms with van der Waals surface area (Å²) in [5.41, 5.74) is 17.5. The van der Waals surface area contributed by atoms with Gasteiger partial charge in [-0.05, 0) is 75.8 Å². The van der Waals surface area contributed by atoms with E-state index in [1.165, 1.54) is 0 Å². The molecule has 0 fully saturated rings. The molecule has 0 aliphatic rings. The molecule has 61 heavy (non-hydrogen) atoms. The third kappa shape index (κ3) is 6.74. The molecule has 11 aromatic rings. The number of nitrogens with zero attached hydrogens (tertiary/aromatic N) is 5. The maximum absolute atomic E-state index is 5.37. The summed E-state index contributed by atoms with van der Waals surface area (Å²) in [5.74, 6) is 0.688. The molecule has 0 aliphatic carbocycles. The van der Waals surface area contributed by atoms with Gasteiger partial charge in [-0.15, -0.1) is 0 Å². The van der Waals surface area contributed by atoms with Crippen molar-refractivity contribution in [2.75, 3.05) is 0 Å². The Labute approximate surface area is 354 Å². The van der Waals surface area contributed by atoms with Crippen LogP contribution >= 0.6 is 0 Å². The standard InChI is InChI=1S/C56H37N5/c1-4-16-38(17-5-1)51-52(58-33-32-57-51)46-26-14-24-44(36-46)42-22-12-20-40(34-42)41-21-13-23-43(35-41)45-25-15-27-47(37-45)56-59-53(39-18-6-2-7-19-39)55-54(60-56)49-30-10-11-31-50(49)61(55)48-28-8-3-9-29-48/h1-37H. The first-order chi connectivity index (χ1) is 30.2. The van der Waals surface area contributed by atoms with Crippen LogP contribution in [0.15, 0.2) is 225 Å². The van der Waals surface area contributed by atoms with Crippen molar-refractivity contribution >= 4 is 21.9 Å². The Hall–Kier alpha value is -8.28. The minimum atomic E-state index is 0.688. The van der Waals surface area contributed by atoms with Crippen LogP contribution in [0.1, 0.15) is 0 Å². The van der Waals surface area contributed by atoms with E-state index >= 15 is 0 Å². The lowest BCUT2D eigenvalue weighted by Crippen LogP contribution is -1.99. The van der Waals surface area contributed by atoms with Crippen molar-refractivity contribution in [3.05, 3.63) is 225 Å². The molecule has 0 aliphatic heterocycles. The van der Waals surface area contributed by atoms with E-state index < -0.39 is 0 Å². The van der Waals surface area contributed by atoms with Gasteiger partial charge >= 0.3 is 0 Å². The Morgan fingerprint density at radius 2 is 0.721 bits per heavy atom. The zero-order valence-corrected chi connectivity index (χ0v) is 33.1. The molecule has 0 radical (unpaired) electrons. The summed E-state index contributed by atoms with van der Waals surface area (Å²) in [6.45, 7) is 0. The van der Waals surface area contributed by atoms with Gasteiger partial charge in [0.05, 0.1) is 28.1 Å². The van der Waals surface area contributed by atoms with Crippen LogP contribution in [-0.4, -0.2) is 24.5 Å². The summed E-state index contributed by atoms with van der Waals surface area (Å²) in [6, 6.07) is 74.4. The fraction of sp³-hybridized carbons (Fsp3) is 0. The minimum Gasteiger partial charge on any atom is -0.306 e. The highest BCUT2D eigenvalue weighted by molar-refractivity contribution is 6.11. The molecular formula is C56H37N5. The number of benzene rings is 8. The van der Waals surface area contributed by atoms with Gasteiger partial charge in [-0.2, -0.15) is 0 Å². The van der Waals surface area contributed by atoms with Gasteiger partial charge in [0.25, 0.3) is 0 Å². The molecule has 0 saturated heterocycles. The Bertz CT molecular complexity index is 3360. The monoisotopic (exact) mass is 779 g/mol. The predicted octanol–water partition coefficient (Wildman–Crippen LogP) is 14.0. The van der Waals surface area contributed by atoms with Crippen molar-refractivity contribution in [1.82, 2.24) is 24.5 Å². The van der Waals surface area contributed by atoms with Gasteiger partial charge < -0.3 is 4.57 Å². The Kier molecular flexibility index (Phi) is 9.10. The van der Waals surface area contributed by atoms with Crippen LogP contribution < -0.4 is 0 Å². The van der Waals surface area contributed by atoms with Crippen molar-refractivity contribution in [3.8, 4) is 84.2 Å². The summed E-state index contributed by atoms with van der Waals surface area (Å²) in [4.78, 5) is 20.2. The van der Waals surface area contributed by atoms with Gasteiger partial charge in [0.2, 0.25) is 0 Å². The number of aromatic nitrogens is 5. The van der Waals surface area contributed by atoms with Gasteiger partial charge in [0, 0.05) is 45.7 Å². The van der Waals surface area contributed by atoms with Crippen LogP contribution in [0, 0.1) is 0 Å². The largest absolute Gasteiger partial charge is 0.306 e. The highest BCUT2D eigenvalue weighted by Gasteiger charge is 2.21. The molecule has 5 heteroatoms. The van der Waals surface area contributed by atoms with Crippen molar-refractivity contribution in [1.29, 1.82) is 0 Å². The molecule has 0 bridgehead atoms. The number of hydrogen-bond acceptors (Lipinski definition) is 4. The molecular weight excluding hydrogens is 743 g/mol. The minimum absolute atomic E-state index is 0.688. The summed E-state index contributed by atoms with van der Waals surface area (Å²) in [6.07, 6.45) is 3.52. The molecule has 8 aromatic carbocycles. The maximum Gasteiger partial charge on any atom is 0.160 e. The zero-order valence-electron chi connectivity index (χ0n) is 33.1. The second-order valence-corrected chi connectivity index (χ2v) is 15.1. The average molecular weight is 780 g/mol. The normalized spacial score (nSPS) is 11.3. The van der Waals surface area contributed by atoms with E-state index in [4.69, 9.17) is 19.9 Å². The summed E-state index contributed by atoms with van der Waals surface area (Å²) < 4.78 is 2.30. The first kappa shape index (κ1) is 35.8. The quantitative estimate of drug-likeness (QED) is 0.154. The molecule has 0 atom stereocenters. The van der Waals surface area contributed by atoms with E-state index in [-0.39, 0.29) is 0 Å². The third-order valence-electron chi connectivity index (χ3n) is 11.3. The topological polar surface area (TPSA) is 56.5 Å². The summed E-state index contributed by atoms with van der Waals surface area (Å²) in [5, 5.41) is 1.09. The van der Waals surface area contributed by atoms with Gasteiger partial charge in [0.1, 0.15) is 5.52 Å². The van der Waals surface area contributed by atoms with Gasteiger partial charge in [-0.3, -0.25) is 9.97 Å². The van der Waals surface area contributed by atoms with E-state index in [9.17, 15) is 0 Å². The molecule has 0 amide bonds. The molecule has 3 heterocycles. The SMILES string of the molecule is c1ccc(-c2nccnc2-c2cccc(-c3cccc(-c4cccc(-c5cccc(-c6nc(-c7ccccc7)c7c(n6)c6ccccc6n7-c6ccccc6)c5)c4)c3)c2)cc1. The fourth-order valence-corrected chi connectivity index (χ4v) is 8.41. The van der Waals surface area contributed by atoms with E-state index in [2.05, 4.69) is 187 Å². The Morgan fingerprint density at radius 3 is 1.30 bits per heavy atom. The number of rotatable bonds is 8. The van der Waals surface area contributed by atoms with Crippen molar-refractivity contribution < 1.29 is 0 Å². The lowest BCUT2D eigenvalue weighted by molar-refractivity contribution is 1.15. The summed E-state index contributed by atoms with van der Waals surface area (Å²) in [7, 11) is 0. The van der Waals surface area contributed by atoms with E-state index in [0.29, 0.717) is 5.82 Å². The van der Waals surface area contributed by atoms with Crippen molar-refractivity contribution in [3.63, 3.8) is 0 Å².